The van der Waals surface area contributed by atoms with E-state index in [2.05, 4.69) is 50.2 Å². The van der Waals surface area contributed by atoms with Gasteiger partial charge in [0.05, 0.1) is 12.1 Å². The van der Waals surface area contributed by atoms with E-state index < -0.39 is 17.5 Å². The van der Waals surface area contributed by atoms with Crippen molar-refractivity contribution in [2.24, 2.45) is 16.7 Å². The van der Waals surface area contributed by atoms with Gasteiger partial charge in [0.25, 0.3) is 0 Å². The number of hydrogen-bond donors (Lipinski definition) is 2. The topological polar surface area (TPSA) is 102 Å². The molecule has 2 fully saturated rings. The zero-order valence-corrected chi connectivity index (χ0v) is 29.9. The number of rotatable bonds is 11. The molecule has 44 heavy (non-hydrogen) atoms. The van der Waals surface area contributed by atoms with E-state index in [4.69, 9.17) is 0 Å². The lowest BCUT2D eigenvalue weighted by Gasteiger charge is -2.41. The Morgan fingerprint density at radius 2 is 1.50 bits per heavy atom. The third-order valence-corrected chi connectivity index (χ3v) is 9.14. The van der Waals surface area contributed by atoms with E-state index in [9.17, 15) is 19.2 Å². The van der Waals surface area contributed by atoms with Crippen LogP contribution in [0, 0.1) is 16.7 Å². The second kappa shape index (κ2) is 15.7. The number of nitrogens with zero attached hydrogens (tertiary/aromatic N) is 3. The number of carbonyl (C=O) groups excluding carboxylic acids is 4. The molecule has 0 saturated carbocycles. The predicted octanol–water partition coefficient (Wildman–Crippen LogP) is 4.75. The molecule has 9 nitrogen and oxygen atoms in total. The van der Waals surface area contributed by atoms with Crippen molar-refractivity contribution in [3.63, 3.8) is 0 Å². The molecule has 0 radical (unpaired) electrons. The van der Waals surface area contributed by atoms with Crippen molar-refractivity contribution < 1.29 is 19.2 Å². The number of nitrogens with one attached hydrogen (secondary N) is 2. The minimum Gasteiger partial charge on any atom is -0.354 e. The first-order valence-corrected chi connectivity index (χ1v) is 16.9. The van der Waals surface area contributed by atoms with Crippen LogP contribution >= 0.6 is 0 Å². The van der Waals surface area contributed by atoms with Crippen LogP contribution in [0.25, 0.3) is 0 Å². The summed E-state index contributed by atoms with van der Waals surface area (Å²) in [6, 6.07) is -1.56. The molecule has 1 unspecified atom stereocenters. The summed E-state index contributed by atoms with van der Waals surface area (Å²) in [7, 11) is 1.76. The van der Waals surface area contributed by atoms with Crippen molar-refractivity contribution >= 4 is 23.6 Å². The minimum atomic E-state index is -0.721. The monoisotopic (exact) mass is 617 g/mol. The second-order valence-corrected chi connectivity index (χ2v) is 15.9. The first-order valence-electron chi connectivity index (χ1n) is 16.9. The van der Waals surface area contributed by atoms with E-state index in [1.165, 1.54) is 0 Å². The van der Waals surface area contributed by atoms with Crippen molar-refractivity contribution in [3.8, 4) is 0 Å². The molecule has 4 atom stereocenters. The largest absolute Gasteiger partial charge is 0.354 e. The Morgan fingerprint density at radius 3 is 2.05 bits per heavy atom. The lowest BCUT2D eigenvalue weighted by molar-refractivity contribution is -0.142. The summed E-state index contributed by atoms with van der Waals surface area (Å²) in [5.41, 5.74) is 0.118. The Labute approximate surface area is 267 Å². The van der Waals surface area contributed by atoms with Gasteiger partial charge >= 0.3 is 0 Å². The van der Waals surface area contributed by atoms with Gasteiger partial charge in [0.15, 0.2) is 0 Å². The van der Waals surface area contributed by atoms with E-state index in [0.29, 0.717) is 25.1 Å². The first-order chi connectivity index (χ1) is 20.3. The van der Waals surface area contributed by atoms with Gasteiger partial charge in [-0.15, -0.1) is 0 Å². The molecule has 0 aromatic heterocycles. The quantitative estimate of drug-likeness (QED) is 0.326. The Morgan fingerprint density at radius 1 is 0.886 bits per heavy atom. The molecule has 0 aliphatic carbocycles. The molecule has 0 spiro atoms. The third kappa shape index (κ3) is 10.3. The molecule has 0 aromatic carbocycles. The van der Waals surface area contributed by atoms with Crippen molar-refractivity contribution in [3.05, 3.63) is 11.6 Å². The standard InChI is InChI=1S/C35H63N5O4/c1-23(2)28(22-25(5)32(43)40-21-15-17-26(40)30(41)36-19-18-34(6,7)8)38(12)33(44)29(35(9,10)11)37-31(42)27-16-13-14-20-39(27)24(3)4/h22-24,26-29H,13-21H2,1-12H3,(H,36,41)(H,37,42)/b25-22+/t26-,27+,28?,29+/m0/s1. The molecule has 2 N–H and O–H groups in total. The number of amides is 4. The van der Waals surface area contributed by atoms with Crippen molar-refractivity contribution in [2.45, 2.75) is 145 Å². The van der Waals surface area contributed by atoms with Crippen molar-refractivity contribution in [1.29, 1.82) is 0 Å². The lowest BCUT2D eigenvalue weighted by atomic mass is 9.84. The Bertz CT molecular complexity index is 1040. The average molecular weight is 618 g/mol. The molecule has 0 aromatic rings. The fourth-order valence-corrected chi connectivity index (χ4v) is 6.36. The molecule has 2 saturated heterocycles. The SMILES string of the molecule is C/C(=C\C(C(C)C)N(C)C(=O)[C@@H](NC(=O)[C@H]1CCCCN1C(C)C)C(C)(C)C)C(=O)N1CCC[C@H]1C(=O)NCCC(C)(C)C. The summed E-state index contributed by atoms with van der Waals surface area (Å²) < 4.78 is 0. The minimum absolute atomic E-state index is 0.0212. The van der Waals surface area contributed by atoms with Crippen LogP contribution in [0.15, 0.2) is 11.6 Å². The Kier molecular flexibility index (Phi) is 13.5. The van der Waals surface area contributed by atoms with Crippen LogP contribution in [0.1, 0.15) is 115 Å². The van der Waals surface area contributed by atoms with Gasteiger partial charge in [-0.05, 0) is 76.2 Å². The molecule has 2 aliphatic rings. The van der Waals surface area contributed by atoms with E-state index in [-0.39, 0.29) is 53.1 Å². The van der Waals surface area contributed by atoms with Gasteiger partial charge in [0.1, 0.15) is 12.1 Å². The van der Waals surface area contributed by atoms with Crippen LogP contribution in [-0.4, -0.2) is 95.2 Å². The maximum absolute atomic E-state index is 14.1. The van der Waals surface area contributed by atoms with Gasteiger partial charge < -0.3 is 20.4 Å². The van der Waals surface area contributed by atoms with Crippen molar-refractivity contribution in [2.75, 3.05) is 26.7 Å². The first kappa shape index (κ1) is 37.8. The normalized spacial score (nSPS) is 21.8. The highest BCUT2D eigenvalue weighted by atomic mass is 16.2. The van der Waals surface area contributed by atoms with Crippen LogP contribution in [0.5, 0.6) is 0 Å². The zero-order chi connectivity index (χ0) is 33.6. The summed E-state index contributed by atoms with van der Waals surface area (Å²) in [5, 5.41) is 6.17. The Balaban J connectivity index is 2.22. The van der Waals surface area contributed by atoms with Crippen LogP contribution in [-0.2, 0) is 19.2 Å². The highest BCUT2D eigenvalue weighted by molar-refractivity contribution is 5.97. The summed E-state index contributed by atoms with van der Waals surface area (Å²) in [5.74, 6) is -0.517. The second-order valence-electron chi connectivity index (χ2n) is 15.9. The number of carbonyl (C=O) groups is 4. The molecule has 9 heteroatoms. The predicted molar refractivity (Wildman–Crippen MR) is 178 cm³/mol. The van der Waals surface area contributed by atoms with Crippen LogP contribution < -0.4 is 10.6 Å². The van der Waals surface area contributed by atoms with E-state index in [1.807, 2.05) is 40.7 Å². The molecule has 4 amide bonds. The molecular weight excluding hydrogens is 554 g/mol. The summed E-state index contributed by atoms with van der Waals surface area (Å²) >= 11 is 0. The fraction of sp³-hybridized carbons (Fsp3) is 0.829. The summed E-state index contributed by atoms with van der Waals surface area (Å²) in [6.45, 7) is 24.4. The molecule has 2 heterocycles. The summed E-state index contributed by atoms with van der Waals surface area (Å²) in [4.78, 5) is 60.0. The van der Waals surface area contributed by atoms with Crippen LogP contribution in [0.3, 0.4) is 0 Å². The Hall–Kier alpha value is -2.42. The maximum atomic E-state index is 14.1. The van der Waals surface area contributed by atoms with Gasteiger partial charge in [0, 0.05) is 31.8 Å². The van der Waals surface area contributed by atoms with Crippen LogP contribution in [0.2, 0.25) is 0 Å². The number of piperidine rings is 1. The van der Waals surface area contributed by atoms with E-state index >= 15 is 0 Å². The lowest BCUT2D eigenvalue weighted by Crippen LogP contribution is -2.60. The highest BCUT2D eigenvalue weighted by Gasteiger charge is 2.40. The summed E-state index contributed by atoms with van der Waals surface area (Å²) in [6.07, 6.45) is 7.02. The van der Waals surface area contributed by atoms with Gasteiger partial charge in [0.2, 0.25) is 23.6 Å². The van der Waals surface area contributed by atoms with E-state index in [0.717, 1.165) is 38.6 Å². The maximum Gasteiger partial charge on any atom is 0.249 e. The zero-order valence-electron chi connectivity index (χ0n) is 29.9. The molecule has 252 valence electrons. The smallest absolute Gasteiger partial charge is 0.249 e. The van der Waals surface area contributed by atoms with Gasteiger partial charge in [-0.1, -0.05) is 67.9 Å². The highest BCUT2D eigenvalue weighted by Crippen LogP contribution is 2.27. The third-order valence-electron chi connectivity index (χ3n) is 9.14. The molecule has 2 aliphatic heterocycles. The van der Waals surface area contributed by atoms with E-state index in [1.54, 1.807) is 23.8 Å². The van der Waals surface area contributed by atoms with Crippen molar-refractivity contribution in [1.82, 2.24) is 25.3 Å². The van der Waals surface area contributed by atoms with Gasteiger partial charge in [-0.2, -0.15) is 0 Å². The molecule has 0 bridgehead atoms. The number of likely N-dealkylation sites (tertiary alicyclic amines) is 2. The van der Waals surface area contributed by atoms with Crippen LogP contribution in [0.4, 0.5) is 0 Å². The molecular formula is C35H63N5O4. The fourth-order valence-electron chi connectivity index (χ4n) is 6.36. The average Bonchev–Trinajstić information content (AvgIpc) is 3.41. The van der Waals surface area contributed by atoms with Gasteiger partial charge in [-0.25, -0.2) is 0 Å². The molecule has 2 rings (SSSR count). The van der Waals surface area contributed by atoms with Gasteiger partial charge in [-0.3, -0.25) is 24.1 Å². The number of likely N-dealkylation sites (N-methyl/N-ethyl adjacent to an activating group) is 1. The number of hydrogen-bond acceptors (Lipinski definition) is 5.